The molecule has 1 aromatic rings. The average Bonchev–Trinajstić information content (AvgIpc) is 2.03. The van der Waals surface area contributed by atoms with Gasteiger partial charge in [0.25, 0.3) is 0 Å². The maximum Gasteiger partial charge on any atom is 0.337 e. The summed E-state index contributed by atoms with van der Waals surface area (Å²) >= 11 is 2.01. The van der Waals surface area contributed by atoms with Crippen LogP contribution in [0.1, 0.15) is 17.2 Å². The van der Waals surface area contributed by atoms with Crippen LogP contribution in [0, 0.1) is 10.5 Å². The summed E-state index contributed by atoms with van der Waals surface area (Å²) in [4.78, 5) is 10.5. The number of aliphatic hydroxyl groups excluding tert-OH is 1. The number of benzene rings is 1. The van der Waals surface area contributed by atoms with E-state index >= 15 is 0 Å². The van der Waals surface area contributed by atoms with Crippen molar-refractivity contribution in [2.45, 2.75) is 13.0 Å². The molecule has 0 aliphatic rings. The Labute approximate surface area is 89.5 Å². The first-order valence-corrected chi connectivity index (χ1v) is 4.77. The number of hydrogen-bond acceptors (Lipinski definition) is 2. The lowest BCUT2D eigenvalue weighted by molar-refractivity contribution is -0.147. The Hall–Kier alpha value is -0.620. The first-order chi connectivity index (χ1) is 6.02. The first-order valence-electron chi connectivity index (χ1n) is 3.69. The molecule has 1 rings (SSSR count). The van der Waals surface area contributed by atoms with Gasteiger partial charge in [0.15, 0.2) is 6.10 Å². The van der Waals surface area contributed by atoms with Crippen LogP contribution in [0.2, 0.25) is 0 Å². The molecule has 1 aromatic carbocycles. The van der Waals surface area contributed by atoms with E-state index < -0.39 is 12.1 Å². The molecule has 0 saturated carbocycles. The van der Waals surface area contributed by atoms with E-state index in [0.29, 0.717) is 5.56 Å². The van der Waals surface area contributed by atoms with Crippen LogP contribution >= 0.6 is 22.6 Å². The molecule has 0 aromatic heterocycles. The highest BCUT2D eigenvalue weighted by Gasteiger charge is 2.18. The van der Waals surface area contributed by atoms with Gasteiger partial charge in [0.1, 0.15) is 0 Å². The van der Waals surface area contributed by atoms with Gasteiger partial charge in [-0.3, -0.25) is 0 Å². The van der Waals surface area contributed by atoms with Gasteiger partial charge in [0.2, 0.25) is 0 Å². The lowest BCUT2D eigenvalue weighted by Crippen LogP contribution is -2.11. The maximum absolute atomic E-state index is 10.5. The Kier molecular flexibility index (Phi) is 3.27. The molecule has 1 atom stereocenters. The predicted octanol–water partition coefficient (Wildman–Crippen LogP) is 1.72. The predicted molar refractivity (Wildman–Crippen MR) is 56.5 cm³/mol. The molecular weight excluding hydrogens is 283 g/mol. The van der Waals surface area contributed by atoms with E-state index in [1.54, 1.807) is 12.1 Å². The molecule has 0 spiro atoms. The van der Waals surface area contributed by atoms with Gasteiger partial charge in [-0.05, 0) is 35.6 Å². The van der Waals surface area contributed by atoms with Gasteiger partial charge in [-0.1, -0.05) is 17.7 Å². The highest BCUT2D eigenvalue weighted by atomic mass is 127. The van der Waals surface area contributed by atoms with Crippen molar-refractivity contribution in [2.75, 3.05) is 0 Å². The highest BCUT2D eigenvalue weighted by Crippen LogP contribution is 2.21. The molecule has 2 N–H and O–H groups in total. The van der Waals surface area contributed by atoms with Crippen molar-refractivity contribution in [1.82, 2.24) is 0 Å². The number of rotatable bonds is 2. The number of carbonyl (C=O) groups is 1. The number of halogens is 1. The lowest BCUT2D eigenvalue weighted by Gasteiger charge is -2.08. The van der Waals surface area contributed by atoms with E-state index in [9.17, 15) is 9.90 Å². The maximum atomic E-state index is 10.5. The van der Waals surface area contributed by atoms with Crippen LogP contribution in [0.15, 0.2) is 18.2 Å². The fraction of sp³-hybridized carbons (Fsp3) is 0.222. The number of carboxylic acid groups (broad SMARTS) is 1. The molecular formula is C9H9IO3. The molecule has 0 fully saturated rings. The first kappa shape index (κ1) is 10.5. The Morgan fingerprint density at radius 2 is 2.15 bits per heavy atom. The van der Waals surface area contributed by atoms with E-state index in [1.165, 1.54) is 0 Å². The van der Waals surface area contributed by atoms with Crippen molar-refractivity contribution in [3.05, 3.63) is 32.9 Å². The number of aliphatic hydroxyl groups is 1. The Bertz CT molecular complexity index is 336. The monoisotopic (exact) mass is 292 g/mol. The van der Waals surface area contributed by atoms with E-state index in [1.807, 2.05) is 35.6 Å². The summed E-state index contributed by atoms with van der Waals surface area (Å²) < 4.78 is 0.771. The zero-order valence-electron chi connectivity index (χ0n) is 6.99. The van der Waals surface area contributed by atoms with Gasteiger partial charge in [-0.25, -0.2) is 4.79 Å². The van der Waals surface area contributed by atoms with Crippen LogP contribution in [0.3, 0.4) is 0 Å². The average molecular weight is 292 g/mol. The summed E-state index contributed by atoms with van der Waals surface area (Å²) in [6, 6.07) is 5.25. The van der Waals surface area contributed by atoms with E-state index in [0.717, 1.165) is 9.13 Å². The van der Waals surface area contributed by atoms with Gasteiger partial charge in [-0.15, -0.1) is 0 Å². The Balaban J connectivity index is 3.08. The quantitative estimate of drug-likeness (QED) is 0.816. The van der Waals surface area contributed by atoms with Crippen molar-refractivity contribution in [2.24, 2.45) is 0 Å². The molecule has 1 unspecified atom stereocenters. The van der Waals surface area contributed by atoms with Crippen LogP contribution in [-0.4, -0.2) is 16.2 Å². The second kappa shape index (κ2) is 4.06. The molecule has 0 radical (unpaired) electrons. The van der Waals surface area contributed by atoms with Crippen LogP contribution in [-0.2, 0) is 4.79 Å². The molecule has 0 aliphatic heterocycles. The second-order valence-electron chi connectivity index (χ2n) is 2.77. The Morgan fingerprint density at radius 1 is 1.54 bits per heavy atom. The standard InChI is InChI=1S/C9H9IO3/c1-5-2-3-6(7(10)4-5)8(11)9(12)13/h2-4,8,11H,1H3,(H,12,13). The summed E-state index contributed by atoms with van der Waals surface area (Å²) in [7, 11) is 0. The lowest BCUT2D eigenvalue weighted by atomic mass is 10.1. The SMILES string of the molecule is Cc1ccc(C(O)C(=O)O)c(I)c1. The number of aryl methyl sites for hydroxylation is 1. The van der Waals surface area contributed by atoms with Crippen molar-refractivity contribution in [1.29, 1.82) is 0 Å². The number of carboxylic acids is 1. The minimum atomic E-state index is -1.42. The third-order valence-corrected chi connectivity index (χ3v) is 2.62. The molecule has 13 heavy (non-hydrogen) atoms. The topological polar surface area (TPSA) is 57.5 Å². The van der Waals surface area contributed by atoms with Crippen LogP contribution in [0.5, 0.6) is 0 Å². The van der Waals surface area contributed by atoms with Gasteiger partial charge >= 0.3 is 5.97 Å². The van der Waals surface area contributed by atoms with Gasteiger partial charge < -0.3 is 10.2 Å². The molecule has 70 valence electrons. The van der Waals surface area contributed by atoms with E-state index in [2.05, 4.69) is 0 Å². The molecule has 0 heterocycles. The molecule has 0 amide bonds. The molecule has 4 heteroatoms. The van der Waals surface area contributed by atoms with E-state index in [-0.39, 0.29) is 0 Å². The van der Waals surface area contributed by atoms with Crippen LogP contribution in [0.4, 0.5) is 0 Å². The molecule has 0 aliphatic carbocycles. The second-order valence-corrected chi connectivity index (χ2v) is 3.93. The summed E-state index contributed by atoms with van der Waals surface area (Å²) in [6.07, 6.45) is -1.42. The highest BCUT2D eigenvalue weighted by molar-refractivity contribution is 14.1. The summed E-state index contributed by atoms with van der Waals surface area (Å²) in [5, 5.41) is 17.8. The smallest absolute Gasteiger partial charge is 0.337 e. The number of aliphatic carboxylic acids is 1. The molecule has 0 bridgehead atoms. The summed E-state index contributed by atoms with van der Waals surface area (Å²) in [5.74, 6) is -1.22. The third-order valence-electron chi connectivity index (χ3n) is 1.68. The zero-order chi connectivity index (χ0) is 10.0. The van der Waals surface area contributed by atoms with E-state index in [4.69, 9.17) is 5.11 Å². The largest absolute Gasteiger partial charge is 0.479 e. The normalized spacial score (nSPS) is 12.5. The minimum absolute atomic E-state index is 0.443. The van der Waals surface area contributed by atoms with Crippen molar-refractivity contribution < 1.29 is 15.0 Å². The molecule has 0 saturated heterocycles. The van der Waals surface area contributed by atoms with Gasteiger partial charge in [0, 0.05) is 9.13 Å². The number of hydrogen-bond donors (Lipinski definition) is 2. The van der Waals surface area contributed by atoms with Crippen molar-refractivity contribution in [3.8, 4) is 0 Å². The minimum Gasteiger partial charge on any atom is -0.479 e. The third kappa shape index (κ3) is 2.41. The van der Waals surface area contributed by atoms with Crippen molar-refractivity contribution in [3.63, 3.8) is 0 Å². The van der Waals surface area contributed by atoms with Crippen LogP contribution in [0.25, 0.3) is 0 Å². The van der Waals surface area contributed by atoms with Crippen molar-refractivity contribution >= 4 is 28.6 Å². The Morgan fingerprint density at radius 3 is 2.62 bits per heavy atom. The fourth-order valence-electron chi connectivity index (χ4n) is 0.987. The fourth-order valence-corrected chi connectivity index (χ4v) is 1.95. The zero-order valence-corrected chi connectivity index (χ0v) is 9.15. The summed E-state index contributed by atoms with van der Waals surface area (Å²) in [6.45, 7) is 1.92. The molecule has 3 nitrogen and oxygen atoms in total. The van der Waals surface area contributed by atoms with Crippen LogP contribution < -0.4 is 0 Å². The van der Waals surface area contributed by atoms with Gasteiger partial charge in [0.05, 0.1) is 0 Å². The van der Waals surface area contributed by atoms with Gasteiger partial charge in [-0.2, -0.15) is 0 Å². The summed E-state index contributed by atoms with van der Waals surface area (Å²) in [5.41, 5.74) is 1.49.